The highest BCUT2D eigenvalue weighted by molar-refractivity contribution is 5.96. The van der Waals surface area contributed by atoms with Gasteiger partial charge in [0.1, 0.15) is 0 Å². The van der Waals surface area contributed by atoms with E-state index in [1.807, 2.05) is 52.1 Å². The lowest BCUT2D eigenvalue weighted by Crippen LogP contribution is -2.33. The van der Waals surface area contributed by atoms with Crippen LogP contribution in [0, 0.1) is 17.2 Å². The molecule has 2 aromatic heterocycles. The van der Waals surface area contributed by atoms with Gasteiger partial charge in [0.25, 0.3) is 5.91 Å². The Kier molecular flexibility index (Phi) is 4.88. The minimum absolute atomic E-state index is 0.125. The number of carbonyl (C=O) groups is 1. The first kappa shape index (κ1) is 18.7. The van der Waals surface area contributed by atoms with E-state index >= 15 is 0 Å². The number of piperidine rings is 1. The van der Waals surface area contributed by atoms with Crippen molar-refractivity contribution in [2.24, 2.45) is 5.92 Å². The first-order chi connectivity index (χ1) is 14.7. The standard InChI is InChI=1S/C24H25N5O/c25-16-18-9-14-27(15-10-18)22-4-3-13-29-23(22)21(17-26-29)19-5-7-20(8-6-19)24(30)28-11-1-2-12-28/h3-8,13,17-18H,1-2,9-12,14-15H2. The Labute approximate surface area is 176 Å². The first-order valence-corrected chi connectivity index (χ1v) is 10.8. The van der Waals surface area contributed by atoms with Crippen molar-refractivity contribution >= 4 is 17.1 Å². The van der Waals surface area contributed by atoms with E-state index in [4.69, 9.17) is 0 Å². The van der Waals surface area contributed by atoms with Crippen LogP contribution in [-0.4, -0.2) is 46.6 Å². The number of nitrogens with zero attached hydrogens (tertiary/aromatic N) is 5. The van der Waals surface area contributed by atoms with E-state index < -0.39 is 0 Å². The molecule has 0 bridgehead atoms. The van der Waals surface area contributed by atoms with Crippen LogP contribution in [0.5, 0.6) is 0 Å². The van der Waals surface area contributed by atoms with Crippen LogP contribution < -0.4 is 4.90 Å². The van der Waals surface area contributed by atoms with E-state index in [0.717, 1.165) is 79.8 Å². The van der Waals surface area contributed by atoms with Crippen LogP contribution in [0.3, 0.4) is 0 Å². The predicted octanol–water partition coefficient (Wildman–Crippen LogP) is 3.98. The number of hydrogen-bond donors (Lipinski definition) is 0. The third kappa shape index (κ3) is 3.30. The SMILES string of the molecule is N#CC1CCN(c2cccn3ncc(-c4ccc(C(=O)N5CCCC5)cc4)c23)CC1. The van der Waals surface area contributed by atoms with Crippen molar-refractivity contribution in [3.63, 3.8) is 0 Å². The van der Waals surface area contributed by atoms with Crippen molar-refractivity contribution in [2.45, 2.75) is 25.7 Å². The fraction of sp³-hybridized carbons (Fsp3) is 0.375. The molecule has 0 spiro atoms. The molecule has 5 rings (SSSR count). The summed E-state index contributed by atoms with van der Waals surface area (Å²) in [4.78, 5) is 16.9. The number of benzene rings is 1. The number of fused-ring (bicyclic) bond motifs is 1. The van der Waals surface area contributed by atoms with Gasteiger partial charge in [0.05, 0.1) is 23.5 Å². The molecule has 6 heteroatoms. The van der Waals surface area contributed by atoms with E-state index in [0.29, 0.717) is 0 Å². The summed E-state index contributed by atoms with van der Waals surface area (Å²) in [6.07, 6.45) is 7.86. The van der Waals surface area contributed by atoms with Crippen molar-refractivity contribution in [3.8, 4) is 17.2 Å². The van der Waals surface area contributed by atoms with E-state index in [1.165, 1.54) is 0 Å². The highest BCUT2D eigenvalue weighted by Gasteiger charge is 2.23. The topological polar surface area (TPSA) is 64.6 Å². The van der Waals surface area contributed by atoms with Gasteiger partial charge < -0.3 is 9.80 Å². The zero-order valence-electron chi connectivity index (χ0n) is 17.0. The van der Waals surface area contributed by atoms with Gasteiger partial charge in [-0.15, -0.1) is 0 Å². The van der Waals surface area contributed by atoms with Crippen LogP contribution in [-0.2, 0) is 0 Å². The molecule has 0 unspecified atom stereocenters. The van der Waals surface area contributed by atoms with Gasteiger partial charge >= 0.3 is 0 Å². The maximum Gasteiger partial charge on any atom is 0.253 e. The van der Waals surface area contributed by atoms with E-state index in [2.05, 4.69) is 22.1 Å². The monoisotopic (exact) mass is 399 g/mol. The maximum absolute atomic E-state index is 12.6. The van der Waals surface area contributed by atoms with E-state index in [9.17, 15) is 10.1 Å². The van der Waals surface area contributed by atoms with Crippen LogP contribution in [0.25, 0.3) is 16.6 Å². The molecular weight excluding hydrogens is 374 g/mol. The van der Waals surface area contributed by atoms with Gasteiger partial charge in [0.15, 0.2) is 0 Å². The molecule has 1 aromatic carbocycles. The second kappa shape index (κ2) is 7.83. The average Bonchev–Trinajstić information content (AvgIpc) is 3.49. The molecule has 1 amide bonds. The Morgan fingerprint density at radius 3 is 2.47 bits per heavy atom. The summed E-state index contributed by atoms with van der Waals surface area (Å²) in [5.41, 5.74) is 5.09. The third-order valence-corrected chi connectivity index (χ3v) is 6.37. The molecule has 2 fully saturated rings. The van der Waals surface area contributed by atoms with Gasteiger partial charge in [-0.05, 0) is 55.5 Å². The number of hydrogen-bond acceptors (Lipinski definition) is 4. The molecule has 4 heterocycles. The van der Waals surface area contributed by atoms with Crippen LogP contribution in [0.1, 0.15) is 36.0 Å². The molecule has 0 atom stereocenters. The van der Waals surface area contributed by atoms with Crippen molar-refractivity contribution in [1.29, 1.82) is 5.26 Å². The number of aromatic nitrogens is 2. The summed E-state index contributed by atoms with van der Waals surface area (Å²) in [6.45, 7) is 3.48. The Hall–Kier alpha value is -3.33. The smallest absolute Gasteiger partial charge is 0.253 e. The van der Waals surface area contributed by atoms with Crippen molar-refractivity contribution in [1.82, 2.24) is 14.5 Å². The maximum atomic E-state index is 12.6. The summed E-state index contributed by atoms with van der Waals surface area (Å²) in [6, 6.07) is 14.5. The molecule has 0 radical (unpaired) electrons. The molecule has 0 saturated carbocycles. The van der Waals surface area contributed by atoms with Crippen LogP contribution in [0.2, 0.25) is 0 Å². The summed E-state index contributed by atoms with van der Waals surface area (Å²) in [7, 11) is 0. The minimum atomic E-state index is 0.125. The molecule has 0 N–H and O–H groups in total. The van der Waals surface area contributed by atoms with Crippen LogP contribution in [0.15, 0.2) is 48.8 Å². The summed E-state index contributed by atoms with van der Waals surface area (Å²) in [5.74, 6) is 0.283. The van der Waals surface area contributed by atoms with Crippen molar-refractivity contribution in [2.75, 3.05) is 31.1 Å². The number of pyridine rings is 1. The molecule has 0 aliphatic carbocycles. The van der Waals surface area contributed by atoms with Crippen molar-refractivity contribution < 1.29 is 4.79 Å². The minimum Gasteiger partial charge on any atom is -0.370 e. The fourth-order valence-electron chi connectivity index (χ4n) is 4.64. The summed E-state index contributed by atoms with van der Waals surface area (Å²) >= 11 is 0. The van der Waals surface area contributed by atoms with Gasteiger partial charge in [-0.1, -0.05) is 12.1 Å². The van der Waals surface area contributed by atoms with Gasteiger partial charge in [0.2, 0.25) is 0 Å². The Morgan fingerprint density at radius 2 is 1.77 bits per heavy atom. The Balaban J connectivity index is 1.46. The quantitative estimate of drug-likeness (QED) is 0.668. The van der Waals surface area contributed by atoms with E-state index in [1.54, 1.807) is 0 Å². The number of likely N-dealkylation sites (tertiary alicyclic amines) is 1. The van der Waals surface area contributed by atoms with Gasteiger partial charge in [-0.3, -0.25) is 4.79 Å². The van der Waals surface area contributed by atoms with Gasteiger partial charge in [0, 0.05) is 49.4 Å². The van der Waals surface area contributed by atoms with Gasteiger partial charge in [-0.2, -0.15) is 10.4 Å². The molecule has 3 aromatic rings. The second-order valence-electron chi connectivity index (χ2n) is 8.21. The van der Waals surface area contributed by atoms with Crippen LogP contribution >= 0.6 is 0 Å². The normalized spacial score (nSPS) is 17.4. The molecule has 30 heavy (non-hydrogen) atoms. The number of amides is 1. The lowest BCUT2D eigenvalue weighted by atomic mass is 9.97. The largest absolute Gasteiger partial charge is 0.370 e. The molecular formula is C24H25N5O. The van der Waals surface area contributed by atoms with Crippen LogP contribution in [0.4, 0.5) is 5.69 Å². The highest BCUT2D eigenvalue weighted by atomic mass is 16.2. The lowest BCUT2D eigenvalue weighted by molar-refractivity contribution is 0.0793. The number of anilines is 1. The van der Waals surface area contributed by atoms with Gasteiger partial charge in [-0.25, -0.2) is 4.52 Å². The lowest BCUT2D eigenvalue weighted by Gasteiger charge is -2.31. The first-order valence-electron chi connectivity index (χ1n) is 10.8. The molecule has 152 valence electrons. The molecule has 2 aliphatic rings. The molecule has 6 nitrogen and oxygen atoms in total. The predicted molar refractivity (Wildman–Crippen MR) is 116 cm³/mol. The molecule has 2 aliphatic heterocycles. The summed E-state index contributed by atoms with van der Waals surface area (Å²) in [5, 5.41) is 13.8. The number of carbonyl (C=O) groups excluding carboxylic acids is 1. The third-order valence-electron chi connectivity index (χ3n) is 6.37. The van der Waals surface area contributed by atoms with E-state index in [-0.39, 0.29) is 11.8 Å². The average molecular weight is 399 g/mol. The highest BCUT2D eigenvalue weighted by Crippen LogP contribution is 2.34. The molecule has 2 saturated heterocycles. The Bertz CT molecular complexity index is 1100. The van der Waals surface area contributed by atoms with Crippen molar-refractivity contribution in [3.05, 3.63) is 54.4 Å². The zero-order chi connectivity index (χ0) is 20.5. The number of rotatable bonds is 3. The fourth-order valence-corrected chi connectivity index (χ4v) is 4.64. The second-order valence-corrected chi connectivity index (χ2v) is 8.21. The number of nitriles is 1. The zero-order valence-corrected chi connectivity index (χ0v) is 17.0. The summed E-state index contributed by atoms with van der Waals surface area (Å²) < 4.78 is 1.92. The Morgan fingerprint density at radius 1 is 1.03 bits per heavy atom.